The summed E-state index contributed by atoms with van der Waals surface area (Å²) < 4.78 is 6.37. The van der Waals surface area contributed by atoms with Gasteiger partial charge in [0, 0.05) is 41.0 Å². The SMILES string of the molecule is CCn1nc(-c2cccc(-c3cc(C(=O)NC4CC4)cc(C(=O)OC)c3)c2)cc(Nc2cccc3ncccc23)c1=O. The van der Waals surface area contributed by atoms with Crippen molar-refractivity contribution in [2.45, 2.75) is 32.4 Å². The van der Waals surface area contributed by atoms with Gasteiger partial charge in [-0.15, -0.1) is 0 Å². The number of esters is 1. The van der Waals surface area contributed by atoms with Gasteiger partial charge in [-0.05, 0) is 85.5 Å². The third-order valence-corrected chi connectivity index (χ3v) is 7.21. The molecule has 1 saturated carbocycles. The summed E-state index contributed by atoms with van der Waals surface area (Å²) in [5.74, 6) is -0.749. The maximum absolute atomic E-state index is 13.3. The Morgan fingerprint density at radius 2 is 1.69 bits per heavy atom. The summed E-state index contributed by atoms with van der Waals surface area (Å²) in [6.45, 7) is 2.26. The van der Waals surface area contributed by atoms with E-state index in [2.05, 4.69) is 20.7 Å². The lowest BCUT2D eigenvalue weighted by Gasteiger charge is -2.14. The summed E-state index contributed by atoms with van der Waals surface area (Å²) in [4.78, 5) is 43.0. The summed E-state index contributed by atoms with van der Waals surface area (Å²) in [5, 5.41) is 11.8. The Labute approximate surface area is 242 Å². The lowest BCUT2D eigenvalue weighted by molar-refractivity contribution is 0.0600. The van der Waals surface area contributed by atoms with Crippen LogP contribution in [0.4, 0.5) is 11.4 Å². The van der Waals surface area contributed by atoms with E-state index in [9.17, 15) is 14.4 Å². The molecule has 0 radical (unpaired) electrons. The fourth-order valence-electron chi connectivity index (χ4n) is 4.86. The molecule has 9 nitrogen and oxygen atoms in total. The molecular formula is C33H29N5O4. The number of ether oxygens (including phenoxy) is 1. The number of pyridine rings is 1. The van der Waals surface area contributed by atoms with E-state index >= 15 is 0 Å². The number of methoxy groups -OCH3 is 1. The molecule has 6 rings (SSSR count). The summed E-state index contributed by atoms with van der Waals surface area (Å²) in [5.41, 5.74) is 5.23. The van der Waals surface area contributed by atoms with Crippen LogP contribution >= 0.6 is 0 Å². The molecule has 42 heavy (non-hydrogen) atoms. The highest BCUT2D eigenvalue weighted by Crippen LogP contribution is 2.30. The molecule has 5 aromatic rings. The predicted molar refractivity (Wildman–Crippen MR) is 162 cm³/mol. The molecule has 1 amide bonds. The van der Waals surface area contributed by atoms with Gasteiger partial charge in [0.05, 0.1) is 23.9 Å². The Hall–Kier alpha value is -5.31. The Balaban J connectivity index is 1.40. The number of carbonyl (C=O) groups excluding carboxylic acids is 2. The van der Waals surface area contributed by atoms with Crippen molar-refractivity contribution in [2.24, 2.45) is 0 Å². The minimum Gasteiger partial charge on any atom is -0.465 e. The third kappa shape index (κ3) is 5.49. The lowest BCUT2D eigenvalue weighted by atomic mass is 9.97. The highest BCUT2D eigenvalue weighted by atomic mass is 16.5. The molecule has 0 bridgehead atoms. The fraction of sp³-hybridized carbons (Fsp3) is 0.182. The lowest BCUT2D eigenvalue weighted by Crippen LogP contribution is -2.25. The van der Waals surface area contributed by atoms with Gasteiger partial charge in [-0.1, -0.05) is 24.3 Å². The zero-order valence-electron chi connectivity index (χ0n) is 23.3. The second kappa shape index (κ2) is 11.3. The second-order valence-corrected chi connectivity index (χ2v) is 10.2. The number of carbonyl (C=O) groups is 2. The van der Waals surface area contributed by atoms with E-state index in [-0.39, 0.29) is 23.1 Å². The quantitative estimate of drug-likeness (QED) is 0.239. The monoisotopic (exact) mass is 559 g/mol. The smallest absolute Gasteiger partial charge is 0.337 e. The van der Waals surface area contributed by atoms with E-state index in [1.807, 2.05) is 61.5 Å². The number of aryl methyl sites for hydroxylation is 1. The van der Waals surface area contributed by atoms with Gasteiger partial charge in [0.1, 0.15) is 5.69 Å². The molecule has 0 aliphatic heterocycles. The molecule has 1 aliphatic carbocycles. The highest BCUT2D eigenvalue weighted by Gasteiger charge is 2.25. The van der Waals surface area contributed by atoms with Crippen LogP contribution in [0.5, 0.6) is 0 Å². The first-order chi connectivity index (χ1) is 20.4. The maximum atomic E-state index is 13.3. The molecular weight excluding hydrogens is 530 g/mol. The largest absolute Gasteiger partial charge is 0.465 e. The summed E-state index contributed by atoms with van der Waals surface area (Å²) in [7, 11) is 1.31. The van der Waals surface area contributed by atoms with Crippen LogP contribution in [-0.4, -0.2) is 39.8 Å². The van der Waals surface area contributed by atoms with E-state index in [1.54, 1.807) is 30.5 Å². The van der Waals surface area contributed by atoms with Gasteiger partial charge in [-0.25, -0.2) is 9.48 Å². The number of aromatic nitrogens is 3. The number of fused-ring (bicyclic) bond motifs is 1. The minimum absolute atomic E-state index is 0.180. The zero-order chi connectivity index (χ0) is 29.2. The molecule has 0 unspecified atom stereocenters. The molecule has 0 atom stereocenters. The van der Waals surface area contributed by atoms with Crippen LogP contribution in [0.15, 0.2) is 89.9 Å². The van der Waals surface area contributed by atoms with Crippen LogP contribution in [0.25, 0.3) is 33.3 Å². The predicted octanol–water partition coefficient (Wildman–Crippen LogP) is 5.57. The molecule has 9 heteroatoms. The molecule has 0 spiro atoms. The second-order valence-electron chi connectivity index (χ2n) is 10.2. The molecule has 2 heterocycles. The van der Waals surface area contributed by atoms with Crippen LogP contribution in [0.3, 0.4) is 0 Å². The van der Waals surface area contributed by atoms with Crippen LogP contribution in [-0.2, 0) is 11.3 Å². The van der Waals surface area contributed by atoms with Gasteiger partial charge in [0.2, 0.25) is 0 Å². The van der Waals surface area contributed by atoms with Crippen molar-refractivity contribution < 1.29 is 14.3 Å². The first kappa shape index (κ1) is 26.9. The van der Waals surface area contributed by atoms with Crippen LogP contribution in [0.1, 0.15) is 40.5 Å². The number of rotatable bonds is 8. The van der Waals surface area contributed by atoms with E-state index in [0.29, 0.717) is 29.1 Å². The Bertz CT molecular complexity index is 1890. The summed E-state index contributed by atoms with van der Waals surface area (Å²) in [6, 6.07) is 24.1. The van der Waals surface area contributed by atoms with Gasteiger partial charge >= 0.3 is 5.97 Å². The molecule has 3 aromatic carbocycles. The number of amides is 1. The summed E-state index contributed by atoms with van der Waals surface area (Å²) in [6.07, 6.45) is 3.65. The van der Waals surface area contributed by atoms with E-state index in [4.69, 9.17) is 4.74 Å². The molecule has 210 valence electrons. The van der Waals surface area contributed by atoms with Crippen molar-refractivity contribution >= 4 is 34.2 Å². The van der Waals surface area contributed by atoms with Gasteiger partial charge in [-0.2, -0.15) is 5.10 Å². The molecule has 2 aromatic heterocycles. The van der Waals surface area contributed by atoms with E-state index in [0.717, 1.165) is 40.6 Å². The third-order valence-electron chi connectivity index (χ3n) is 7.21. The molecule has 0 saturated heterocycles. The molecule has 2 N–H and O–H groups in total. The first-order valence-corrected chi connectivity index (χ1v) is 13.8. The van der Waals surface area contributed by atoms with Crippen LogP contribution in [0, 0.1) is 0 Å². The minimum atomic E-state index is -0.524. The zero-order valence-corrected chi connectivity index (χ0v) is 23.3. The number of hydrogen-bond donors (Lipinski definition) is 2. The normalized spacial score (nSPS) is 12.6. The highest BCUT2D eigenvalue weighted by molar-refractivity contribution is 6.00. The van der Waals surface area contributed by atoms with Crippen molar-refractivity contribution in [3.63, 3.8) is 0 Å². The van der Waals surface area contributed by atoms with Gasteiger partial charge < -0.3 is 15.4 Å². The van der Waals surface area contributed by atoms with Crippen molar-refractivity contribution in [1.82, 2.24) is 20.1 Å². The number of anilines is 2. The van der Waals surface area contributed by atoms with E-state index in [1.165, 1.54) is 11.8 Å². The van der Waals surface area contributed by atoms with Gasteiger partial charge in [0.15, 0.2) is 0 Å². The van der Waals surface area contributed by atoms with Gasteiger partial charge in [-0.3, -0.25) is 14.6 Å². The van der Waals surface area contributed by atoms with Gasteiger partial charge in [0.25, 0.3) is 11.5 Å². The number of nitrogens with zero attached hydrogens (tertiary/aromatic N) is 3. The first-order valence-electron chi connectivity index (χ1n) is 13.8. The summed E-state index contributed by atoms with van der Waals surface area (Å²) >= 11 is 0. The Kier molecular flexibility index (Phi) is 7.23. The number of nitrogens with one attached hydrogen (secondary N) is 2. The average Bonchev–Trinajstić information content (AvgIpc) is 3.85. The average molecular weight is 560 g/mol. The Morgan fingerprint density at radius 1 is 0.905 bits per heavy atom. The van der Waals surface area contributed by atoms with Crippen molar-refractivity contribution in [3.05, 3.63) is 107 Å². The number of benzene rings is 3. The van der Waals surface area contributed by atoms with Crippen LogP contribution in [0.2, 0.25) is 0 Å². The topological polar surface area (TPSA) is 115 Å². The number of hydrogen-bond acceptors (Lipinski definition) is 7. The van der Waals surface area contributed by atoms with E-state index < -0.39 is 5.97 Å². The fourth-order valence-corrected chi connectivity index (χ4v) is 4.86. The Morgan fingerprint density at radius 3 is 2.48 bits per heavy atom. The standard InChI is InChI=1S/C33H29N5O4/c1-3-38-32(40)30(36-28-11-5-10-27-26(28)9-6-14-34-27)19-29(37-38)21-8-4-7-20(15-21)22-16-23(31(39)35-25-12-13-25)18-24(17-22)33(41)42-2/h4-11,14-19,25,36H,3,12-13H2,1-2H3,(H,35,39). The van der Waals surface area contributed by atoms with Crippen molar-refractivity contribution in [2.75, 3.05) is 12.4 Å². The van der Waals surface area contributed by atoms with Crippen molar-refractivity contribution in [3.8, 4) is 22.4 Å². The van der Waals surface area contributed by atoms with Crippen molar-refractivity contribution in [1.29, 1.82) is 0 Å². The molecule has 1 aliphatic rings. The molecule has 1 fully saturated rings. The maximum Gasteiger partial charge on any atom is 0.337 e. The van der Waals surface area contributed by atoms with Crippen LogP contribution < -0.4 is 16.2 Å².